The molecule has 0 spiro atoms. The van der Waals surface area contributed by atoms with Crippen molar-refractivity contribution in [2.45, 2.75) is 26.4 Å². The molecule has 0 aliphatic heterocycles. The first kappa shape index (κ1) is 19.6. The number of hydrogen-bond donors (Lipinski definition) is 1. The molecule has 4 nitrogen and oxygen atoms in total. The molecule has 27 heavy (non-hydrogen) atoms. The van der Waals surface area contributed by atoms with Gasteiger partial charge in [-0.25, -0.2) is 4.68 Å². The highest BCUT2D eigenvalue weighted by Gasteiger charge is 2.18. The van der Waals surface area contributed by atoms with E-state index in [0.29, 0.717) is 0 Å². The summed E-state index contributed by atoms with van der Waals surface area (Å²) in [6.07, 6.45) is 0. The Morgan fingerprint density at radius 1 is 1.04 bits per heavy atom. The van der Waals surface area contributed by atoms with Gasteiger partial charge in [0.05, 0.1) is 11.4 Å². The molecule has 1 aromatic heterocycles. The molecule has 0 radical (unpaired) electrons. The number of para-hydroxylation sites is 1. The number of nitrogens with zero attached hydrogens (tertiary/aromatic N) is 3. The van der Waals surface area contributed by atoms with Gasteiger partial charge >= 0.3 is 0 Å². The zero-order valence-corrected chi connectivity index (χ0v) is 17.2. The van der Waals surface area contributed by atoms with Gasteiger partial charge in [-0.1, -0.05) is 48.0 Å². The summed E-state index contributed by atoms with van der Waals surface area (Å²) < 4.78 is 2.02. The molecule has 0 bridgehead atoms. The van der Waals surface area contributed by atoms with Crippen LogP contribution in [0.15, 0.2) is 54.6 Å². The molecule has 0 amide bonds. The third kappa shape index (κ3) is 4.41. The highest BCUT2D eigenvalue weighted by atomic mass is 35.5. The zero-order chi connectivity index (χ0) is 19.4. The Hall–Kier alpha value is -2.14. The van der Waals surface area contributed by atoms with Crippen LogP contribution in [0.3, 0.4) is 0 Å². The van der Waals surface area contributed by atoms with E-state index in [0.717, 1.165) is 35.1 Å². The molecular formula is C22H27ClN4. The third-order valence-corrected chi connectivity index (χ3v) is 5.31. The van der Waals surface area contributed by atoms with Crippen molar-refractivity contribution < 1.29 is 0 Å². The lowest BCUT2D eigenvalue weighted by atomic mass is 10.1. The number of aryl methyl sites for hydroxylation is 1. The van der Waals surface area contributed by atoms with Gasteiger partial charge in [-0.05, 0) is 51.7 Å². The van der Waals surface area contributed by atoms with Crippen molar-refractivity contribution in [2.24, 2.45) is 0 Å². The van der Waals surface area contributed by atoms with E-state index < -0.39 is 0 Å². The number of halogens is 1. The predicted octanol–water partition coefficient (Wildman–Crippen LogP) is 4.54. The fourth-order valence-electron chi connectivity index (χ4n) is 3.40. The summed E-state index contributed by atoms with van der Waals surface area (Å²) >= 11 is 6.41. The zero-order valence-electron chi connectivity index (χ0n) is 16.4. The monoisotopic (exact) mass is 382 g/mol. The van der Waals surface area contributed by atoms with Crippen LogP contribution < -0.4 is 5.32 Å². The summed E-state index contributed by atoms with van der Waals surface area (Å²) in [5.41, 5.74) is 5.71. The van der Waals surface area contributed by atoms with Gasteiger partial charge in [-0.3, -0.25) is 0 Å². The second-order valence-electron chi connectivity index (χ2n) is 7.03. The molecule has 0 saturated carbocycles. The maximum absolute atomic E-state index is 6.41. The SMILES string of the molecule is Cc1nn(-c2ccccc2)c(C)c1CNC[C@@H](c1ccccc1Cl)N(C)C. The van der Waals surface area contributed by atoms with E-state index in [1.165, 1.54) is 11.3 Å². The number of aromatic nitrogens is 2. The van der Waals surface area contributed by atoms with E-state index in [-0.39, 0.29) is 6.04 Å². The fourth-order valence-corrected chi connectivity index (χ4v) is 3.66. The Morgan fingerprint density at radius 2 is 1.70 bits per heavy atom. The topological polar surface area (TPSA) is 33.1 Å². The molecule has 0 aliphatic carbocycles. The van der Waals surface area contributed by atoms with Crippen LogP contribution >= 0.6 is 11.6 Å². The normalized spacial score (nSPS) is 12.5. The highest BCUT2D eigenvalue weighted by molar-refractivity contribution is 6.31. The van der Waals surface area contributed by atoms with Gasteiger partial charge in [0.25, 0.3) is 0 Å². The molecule has 0 saturated heterocycles. The molecule has 5 heteroatoms. The average molecular weight is 383 g/mol. The molecule has 1 N–H and O–H groups in total. The maximum Gasteiger partial charge on any atom is 0.0648 e. The van der Waals surface area contributed by atoms with Crippen LogP contribution in [0.4, 0.5) is 0 Å². The van der Waals surface area contributed by atoms with Crippen LogP contribution in [0, 0.1) is 13.8 Å². The van der Waals surface area contributed by atoms with Crippen molar-refractivity contribution in [3.8, 4) is 5.69 Å². The minimum atomic E-state index is 0.212. The first-order valence-corrected chi connectivity index (χ1v) is 9.59. The fraction of sp³-hybridized carbons (Fsp3) is 0.318. The Morgan fingerprint density at radius 3 is 2.37 bits per heavy atom. The predicted molar refractivity (Wildman–Crippen MR) is 113 cm³/mol. The van der Waals surface area contributed by atoms with Crippen molar-refractivity contribution in [2.75, 3.05) is 20.6 Å². The summed E-state index contributed by atoms with van der Waals surface area (Å²) in [4.78, 5) is 2.20. The van der Waals surface area contributed by atoms with Crippen molar-refractivity contribution >= 4 is 11.6 Å². The van der Waals surface area contributed by atoms with Crippen LogP contribution in [0.25, 0.3) is 5.69 Å². The van der Waals surface area contributed by atoms with E-state index in [4.69, 9.17) is 16.7 Å². The number of likely N-dealkylation sites (N-methyl/N-ethyl adjacent to an activating group) is 1. The maximum atomic E-state index is 6.41. The quantitative estimate of drug-likeness (QED) is 0.651. The van der Waals surface area contributed by atoms with Crippen LogP contribution in [0.2, 0.25) is 5.02 Å². The van der Waals surface area contributed by atoms with E-state index in [1.807, 2.05) is 41.1 Å². The average Bonchev–Trinajstić information content (AvgIpc) is 2.94. The van der Waals surface area contributed by atoms with Crippen LogP contribution in [0.5, 0.6) is 0 Å². The Balaban J connectivity index is 1.73. The number of benzene rings is 2. The molecular weight excluding hydrogens is 356 g/mol. The standard InChI is InChI=1S/C22H27ClN4/c1-16-20(17(2)27(25-16)18-10-6-5-7-11-18)14-24-15-22(26(3)4)19-12-8-9-13-21(19)23/h5-13,22,24H,14-15H2,1-4H3/t22-/m0/s1. The van der Waals surface area contributed by atoms with E-state index in [1.54, 1.807) is 0 Å². The van der Waals surface area contributed by atoms with Gasteiger partial charge in [-0.15, -0.1) is 0 Å². The largest absolute Gasteiger partial charge is 0.311 e. The summed E-state index contributed by atoms with van der Waals surface area (Å²) in [5, 5.41) is 9.14. The summed E-state index contributed by atoms with van der Waals surface area (Å²) in [6.45, 7) is 5.79. The molecule has 0 aliphatic rings. The van der Waals surface area contributed by atoms with E-state index in [2.05, 4.69) is 56.4 Å². The van der Waals surface area contributed by atoms with Gasteiger partial charge in [0.1, 0.15) is 0 Å². The lowest BCUT2D eigenvalue weighted by Gasteiger charge is -2.26. The molecule has 2 aromatic carbocycles. The van der Waals surface area contributed by atoms with Crippen molar-refractivity contribution in [3.05, 3.63) is 82.1 Å². The first-order chi connectivity index (χ1) is 13.0. The molecule has 1 heterocycles. The van der Waals surface area contributed by atoms with Crippen molar-refractivity contribution in [1.82, 2.24) is 20.0 Å². The smallest absolute Gasteiger partial charge is 0.0648 e. The van der Waals surface area contributed by atoms with Gasteiger partial charge in [-0.2, -0.15) is 5.10 Å². The van der Waals surface area contributed by atoms with Gasteiger partial charge < -0.3 is 10.2 Å². The highest BCUT2D eigenvalue weighted by Crippen LogP contribution is 2.25. The molecule has 3 aromatic rings. The van der Waals surface area contributed by atoms with Crippen LogP contribution in [-0.2, 0) is 6.54 Å². The minimum absolute atomic E-state index is 0.212. The molecule has 0 unspecified atom stereocenters. The number of hydrogen-bond acceptors (Lipinski definition) is 3. The van der Waals surface area contributed by atoms with Gasteiger partial charge in [0.15, 0.2) is 0 Å². The second kappa shape index (κ2) is 8.70. The second-order valence-corrected chi connectivity index (χ2v) is 7.44. The first-order valence-electron chi connectivity index (χ1n) is 9.21. The van der Waals surface area contributed by atoms with Crippen molar-refractivity contribution in [3.63, 3.8) is 0 Å². The van der Waals surface area contributed by atoms with Crippen molar-refractivity contribution in [1.29, 1.82) is 0 Å². The number of nitrogens with one attached hydrogen (secondary N) is 1. The Kier molecular flexibility index (Phi) is 6.32. The lowest BCUT2D eigenvalue weighted by molar-refractivity contribution is 0.288. The minimum Gasteiger partial charge on any atom is -0.311 e. The molecule has 1 atom stereocenters. The number of rotatable bonds is 7. The van der Waals surface area contributed by atoms with E-state index >= 15 is 0 Å². The summed E-state index contributed by atoms with van der Waals surface area (Å²) in [5.74, 6) is 0. The Bertz CT molecular complexity index is 887. The van der Waals surface area contributed by atoms with Crippen LogP contribution in [0.1, 0.15) is 28.6 Å². The summed E-state index contributed by atoms with van der Waals surface area (Å²) in [6, 6.07) is 18.5. The summed E-state index contributed by atoms with van der Waals surface area (Å²) in [7, 11) is 4.17. The van der Waals surface area contributed by atoms with Crippen LogP contribution in [-0.4, -0.2) is 35.3 Å². The Labute approximate surface area is 166 Å². The lowest BCUT2D eigenvalue weighted by Crippen LogP contribution is -2.31. The molecule has 3 rings (SSSR count). The van der Waals surface area contributed by atoms with Gasteiger partial charge in [0, 0.05) is 35.4 Å². The molecule has 142 valence electrons. The van der Waals surface area contributed by atoms with E-state index in [9.17, 15) is 0 Å². The third-order valence-electron chi connectivity index (χ3n) is 4.97. The van der Waals surface area contributed by atoms with Gasteiger partial charge in [0.2, 0.25) is 0 Å². The molecule has 0 fully saturated rings.